The Hall–Kier alpha value is -2.41. The zero-order chi connectivity index (χ0) is 21.7. The van der Waals surface area contributed by atoms with Gasteiger partial charge in [0.05, 0.1) is 11.1 Å². The second-order valence-electron chi connectivity index (χ2n) is 7.31. The molecular weight excluding hydrogens is 422 g/mol. The van der Waals surface area contributed by atoms with E-state index in [0.717, 1.165) is 33.1 Å². The molecule has 0 fully saturated rings. The Morgan fingerprint density at radius 3 is 1.93 bits per heavy atom. The van der Waals surface area contributed by atoms with Crippen LogP contribution in [0.25, 0.3) is 0 Å². The molecule has 0 aliphatic carbocycles. The molecule has 1 atom stereocenters. The van der Waals surface area contributed by atoms with Crippen LogP contribution in [0.1, 0.15) is 46.2 Å². The van der Waals surface area contributed by atoms with E-state index in [9.17, 15) is 26.3 Å². The van der Waals surface area contributed by atoms with Gasteiger partial charge in [0.25, 0.3) is 0 Å². The molecular formula is C23H16F6S. The summed E-state index contributed by atoms with van der Waals surface area (Å²) in [6.07, 6.45) is -9.03. The first-order chi connectivity index (χ1) is 14.0. The summed E-state index contributed by atoms with van der Waals surface area (Å²) < 4.78 is 79.2. The predicted molar refractivity (Wildman–Crippen MR) is 104 cm³/mol. The molecule has 1 aliphatic rings. The number of alkyl halides is 6. The maximum atomic E-state index is 13.2. The van der Waals surface area contributed by atoms with Crippen LogP contribution in [0.2, 0.25) is 0 Å². The third-order valence-electron chi connectivity index (χ3n) is 5.27. The molecule has 0 radical (unpaired) electrons. The Balaban J connectivity index is 1.73. The molecule has 0 bridgehead atoms. The first kappa shape index (κ1) is 20.8. The molecule has 4 rings (SSSR count). The van der Waals surface area contributed by atoms with Gasteiger partial charge in [-0.2, -0.15) is 26.3 Å². The topological polar surface area (TPSA) is 0 Å². The SMILES string of the molecule is CC(c1cc(C(F)(F)F)cc(C(F)(F)F)c1)c1ccc2c(c1)Cc1ccccc1S2. The summed E-state index contributed by atoms with van der Waals surface area (Å²) in [5, 5.41) is 0. The summed E-state index contributed by atoms with van der Waals surface area (Å²) in [6, 6.07) is 15.3. The lowest BCUT2D eigenvalue weighted by Crippen LogP contribution is -2.13. The van der Waals surface area contributed by atoms with Crippen molar-refractivity contribution in [3.63, 3.8) is 0 Å². The van der Waals surface area contributed by atoms with Gasteiger partial charge in [0.15, 0.2) is 0 Å². The molecule has 0 N–H and O–H groups in total. The maximum absolute atomic E-state index is 13.2. The molecule has 0 amide bonds. The van der Waals surface area contributed by atoms with Gasteiger partial charge < -0.3 is 0 Å². The standard InChI is InChI=1S/C23H16F6S/c1-13(16-10-18(22(24,25)26)12-19(11-16)23(27,28)29)14-6-7-21-17(8-14)9-15-4-2-3-5-20(15)30-21/h2-8,10-13H,9H2,1H3. The Labute approximate surface area is 173 Å². The number of halogens is 6. The van der Waals surface area contributed by atoms with Gasteiger partial charge in [0, 0.05) is 15.7 Å². The zero-order valence-corrected chi connectivity index (χ0v) is 16.6. The fourth-order valence-electron chi connectivity index (χ4n) is 3.60. The largest absolute Gasteiger partial charge is 0.416 e. The van der Waals surface area contributed by atoms with E-state index in [1.54, 1.807) is 24.8 Å². The van der Waals surface area contributed by atoms with Crippen molar-refractivity contribution < 1.29 is 26.3 Å². The lowest BCUT2D eigenvalue weighted by Gasteiger charge is -2.22. The van der Waals surface area contributed by atoms with Crippen molar-refractivity contribution in [2.24, 2.45) is 0 Å². The van der Waals surface area contributed by atoms with Gasteiger partial charge in [-0.3, -0.25) is 0 Å². The Kier molecular flexibility index (Phi) is 5.12. The van der Waals surface area contributed by atoms with Crippen molar-refractivity contribution in [3.8, 4) is 0 Å². The summed E-state index contributed by atoms with van der Waals surface area (Å²) in [5.41, 5.74) is 0.259. The van der Waals surface area contributed by atoms with Crippen molar-refractivity contribution in [3.05, 3.63) is 94.0 Å². The molecule has 30 heavy (non-hydrogen) atoms. The number of fused-ring (bicyclic) bond motifs is 2. The molecule has 3 aromatic rings. The van der Waals surface area contributed by atoms with E-state index in [-0.39, 0.29) is 11.6 Å². The molecule has 156 valence electrons. The van der Waals surface area contributed by atoms with E-state index in [1.807, 2.05) is 36.4 Å². The van der Waals surface area contributed by atoms with Crippen LogP contribution in [0.5, 0.6) is 0 Å². The van der Waals surface area contributed by atoms with Crippen molar-refractivity contribution in [2.45, 2.75) is 41.4 Å². The Bertz CT molecular complexity index is 1070. The third-order valence-corrected chi connectivity index (χ3v) is 6.50. The van der Waals surface area contributed by atoms with Crippen molar-refractivity contribution in [1.82, 2.24) is 0 Å². The van der Waals surface area contributed by atoms with Crippen LogP contribution in [0, 0.1) is 0 Å². The zero-order valence-electron chi connectivity index (χ0n) is 15.7. The van der Waals surface area contributed by atoms with Crippen LogP contribution in [0.15, 0.2) is 70.5 Å². The van der Waals surface area contributed by atoms with Gasteiger partial charge in [-0.1, -0.05) is 49.0 Å². The van der Waals surface area contributed by atoms with Gasteiger partial charge >= 0.3 is 12.4 Å². The summed E-state index contributed by atoms with van der Waals surface area (Å²) >= 11 is 1.61. The Morgan fingerprint density at radius 2 is 1.30 bits per heavy atom. The molecule has 1 aliphatic heterocycles. The van der Waals surface area contributed by atoms with Crippen LogP contribution >= 0.6 is 11.8 Å². The molecule has 0 saturated heterocycles. The van der Waals surface area contributed by atoms with Gasteiger partial charge in [-0.05, 0) is 59.0 Å². The van der Waals surface area contributed by atoms with E-state index < -0.39 is 29.4 Å². The highest BCUT2D eigenvalue weighted by molar-refractivity contribution is 7.99. The summed E-state index contributed by atoms with van der Waals surface area (Å²) in [4.78, 5) is 2.20. The minimum atomic E-state index is -4.86. The average Bonchev–Trinajstić information content (AvgIpc) is 2.69. The molecule has 0 aromatic heterocycles. The first-order valence-corrected chi connectivity index (χ1v) is 10.0. The lowest BCUT2D eigenvalue weighted by molar-refractivity contribution is -0.143. The van der Waals surface area contributed by atoms with Crippen LogP contribution < -0.4 is 0 Å². The number of hydrogen-bond acceptors (Lipinski definition) is 1. The summed E-state index contributed by atoms with van der Waals surface area (Å²) in [5.74, 6) is -0.624. The van der Waals surface area contributed by atoms with Crippen molar-refractivity contribution >= 4 is 11.8 Å². The minimum Gasteiger partial charge on any atom is -0.166 e. The van der Waals surface area contributed by atoms with Crippen LogP contribution in [0.3, 0.4) is 0 Å². The minimum absolute atomic E-state index is 0.0130. The summed E-state index contributed by atoms with van der Waals surface area (Å²) in [6.45, 7) is 1.63. The van der Waals surface area contributed by atoms with Gasteiger partial charge in [-0.15, -0.1) is 0 Å². The highest BCUT2D eigenvalue weighted by Crippen LogP contribution is 2.42. The quantitative estimate of drug-likeness (QED) is 0.286. The first-order valence-electron chi connectivity index (χ1n) is 9.20. The highest BCUT2D eigenvalue weighted by Gasteiger charge is 2.37. The van der Waals surface area contributed by atoms with E-state index >= 15 is 0 Å². The van der Waals surface area contributed by atoms with E-state index in [4.69, 9.17) is 0 Å². The molecule has 0 saturated carbocycles. The smallest absolute Gasteiger partial charge is 0.166 e. The van der Waals surface area contributed by atoms with Crippen LogP contribution in [-0.2, 0) is 18.8 Å². The second-order valence-corrected chi connectivity index (χ2v) is 8.40. The van der Waals surface area contributed by atoms with Crippen molar-refractivity contribution in [1.29, 1.82) is 0 Å². The molecule has 0 spiro atoms. The van der Waals surface area contributed by atoms with Crippen LogP contribution in [-0.4, -0.2) is 0 Å². The van der Waals surface area contributed by atoms with Gasteiger partial charge in [-0.25, -0.2) is 0 Å². The second kappa shape index (κ2) is 7.38. The fourth-order valence-corrected chi connectivity index (χ4v) is 4.65. The average molecular weight is 438 g/mol. The molecule has 1 unspecified atom stereocenters. The van der Waals surface area contributed by atoms with Crippen LogP contribution in [0.4, 0.5) is 26.3 Å². The normalized spacial score (nSPS) is 14.8. The van der Waals surface area contributed by atoms with Crippen molar-refractivity contribution in [2.75, 3.05) is 0 Å². The third kappa shape index (κ3) is 4.08. The van der Waals surface area contributed by atoms with Gasteiger partial charge in [0.2, 0.25) is 0 Å². The summed E-state index contributed by atoms with van der Waals surface area (Å²) in [7, 11) is 0. The molecule has 7 heteroatoms. The molecule has 1 heterocycles. The number of rotatable bonds is 2. The van der Waals surface area contributed by atoms with E-state index in [2.05, 4.69) is 0 Å². The molecule has 3 aromatic carbocycles. The highest BCUT2D eigenvalue weighted by atomic mass is 32.2. The lowest BCUT2D eigenvalue weighted by atomic mass is 9.88. The van der Waals surface area contributed by atoms with E-state index in [1.165, 1.54) is 0 Å². The number of hydrogen-bond donors (Lipinski definition) is 0. The predicted octanol–water partition coefficient (Wildman–Crippen LogP) is 7.93. The fraction of sp³-hybridized carbons (Fsp3) is 0.217. The Morgan fingerprint density at radius 1 is 0.700 bits per heavy atom. The molecule has 0 nitrogen and oxygen atoms in total. The van der Waals surface area contributed by atoms with E-state index in [0.29, 0.717) is 12.0 Å². The maximum Gasteiger partial charge on any atom is 0.416 e. The van der Waals surface area contributed by atoms with Gasteiger partial charge in [0.1, 0.15) is 0 Å². The monoisotopic (exact) mass is 438 g/mol. The number of benzene rings is 3.